The first-order valence-electron chi connectivity index (χ1n) is 13.2. The van der Waals surface area contributed by atoms with E-state index in [1.165, 1.54) is 48.8 Å². The van der Waals surface area contributed by atoms with Crippen LogP contribution in [0.1, 0.15) is 78.7 Å². The summed E-state index contributed by atoms with van der Waals surface area (Å²) in [6.45, 7) is 10.7. The fourth-order valence-electron chi connectivity index (χ4n) is 3.63. The Labute approximate surface area is 223 Å². The summed E-state index contributed by atoms with van der Waals surface area (Å²) in [7, 11) is 1.71. The molecule has 0 radical (unpaired) electrons. The van der Waals surface area contributed by atoms with Crippen LogP contribution in [0.4, 0.5) is 34.1 Å². The molecule has 1 heterocycles. The zero-order valence-electron chi connectivity index (χ0n) is 22.9. The van der Waals surface area contributed by atoms with Gasteiger partial charge in [0.1, 0.15) is 5.82 Å². The maximum absolute atomic E-state index is 13.8. The van der Waals surface area contributed by atoms with Crippen molar-refractivity contribution in [2.24, 2.45) is 0 Å². The summed E-state index contributed by atoms with van der Waals surface area (Å²) < 4.78 is 54.6. The van der Waals surface area contributed by atoms with Gasteiger partial charge in [0.15, 0.2) is 5.13 Å². The van der Waals surface area contributed by atoms with Gasteiger partial charge in [-0.25, -0.2) is 9.37 Å². The van der Waals surface area contributed by atoms with Gasteiger partial charge in [0.25, 0.3) is 0 Å². The van der Waals surface area contributed by atoms with Gasteiger partial charge in [0, 0.05) is 35.9 Å². The molecule has 8 heteroatoms. The Kier molecular flexibility index (Phi) is 14.9. The van der Waals surface area contributed by atoms with Crippen LogP contribution in [0.5, 0.6) is 0 Å². The molecule has 0 aliphatic heterocycles. The number of nitrogens with zero attached hydrogens (tertiary/aromatic N) is 2. The molecule has 2 aromatic carbocycles. The Bertz CT molecular complexity index is 1020. The fraction of sp³-hybridized carbons (Fsp3) is 0.483. The summed E-state index contributed by atoms with van der Waals surface area (Å²) >= 11 is 1.28. The Hall–Kier alpha value is -2.61. The lowest BCUT2D eigenvalue weighted by Gasteiger charge is -2.24. The molecule has 0 fully saturated rings. The van der Waals surface area contributed by atoms with Crippen molar-refractivity contribution in [2.45, 2.75) is 79.3 Å². The maximum atomic E-state index is 13.8. The van der Waals surface area contributed by atoms with E-state index in [2.05, 4.69) is 17.2 Å². The second-order valence-electron chi connectivity index (χ2n) is 8.09. The summed E-state index contributed by atoms with van der Waals surface area (Å²) in [5, 5.41) is 5.22. The van der Waals surface area contributed by atoms with Crippen molar-refractivity contribution in [3.8, 4) is 11.3 Å². The molecule has 0 aliphatic rings. The van der Waals surface area contributed by atoms with Crippen LogP contribution in [0, 0.1) is 5.82 Å². The highest BCUT2D eigenvalue weighted by molar-refractivity contribution is 7.14. The first-order chi connectivity index (χ1) is 17.8. The molecule has 0 spiro atoms. The third kappa shape index (κ3) is 10.7. The normalized spacial score (nSPS) is 10.6. The molecule has 0 unspecified atom stereocenters. The quantitative estimate of drug-likeness (QED) is 0.194. The molecule has 0 bridgehead atoms. The number of rotatable bonds is 11. The van der Waals surface area contributed by atoms with Gasteiger partial charge < -0.3 is 10.2 Å². The van der Waals surface area contributed by atoms with Crippen LogP contribution in [0.3, 0.4) is 0 Å². The smallest absolute Gasteiger partial charge is 0.374 e. The van der Waals surface area contributed by atoms with Crippen molar-refractivity contribution in [3.63, 3.8) is 0 Å². The molecule has 3 nitrogen and oxygen atoms in total. The molecule has 0 saturated carbocycles. The van der Waals surface area contributed by atoms with Crippen LogP contribution in [0.2, 0.25) is 0 Å². The van der Waals surface area contributed by atoms with Crippen LogP contribution in [-0.4, -0.2) is 18.6 Å². The van der Waals surface area contributed by atoms with Crippen molar-refractivity contribution in [1.29, 1.82) is 0 Å². The van der Waals surface area contributed by atoms with Gasteiger partial charge in [-0.3, -0.25) is 0 Å². The lowest BCUT2D eigenvalue weighted by atomic mass is 10.1. The summed E-state index contributed by atoms with van der Waals surface area (Å²) in [6, 6.07) is 10.2. The summed E-state index contributed by atoms with van der Waals surface area (Å²) in [6.07, 6.45) is 2.08. The highest BCUT2D eigenvalue weighted by atomic mass is 32.1. The largest absolute Gasteiger partial charge is 0.418 e. The van der Waals surface area contributed by atoms with Crippen LogP contribution in [0.25, 0.3) is 11.3 Å². The number of thiazole rings is 1. The molecule has 0 aliphatic carbocycles. The van der Waals surface area contributed by atoms with E-state index in [1.807, 2.05) is 27.7 Å². The molecule has 1 aromatic heterocycles. The van der Waals surface area contributed by atoms with Crippen molar-refractivity contribution >= 4 is 27.8 Å². The number of halogens is 4. The zero-order chi connectivity index (χ0) is 27.8. The lowest BCUT2D eigenvalue weighted by molar-refractivity contribution is -0.137. The van der Waals surface area contributed by atoms with E-state index in [-0.39, 0.29) is 11.5 Å². The molecule has 0 amide bonds. The monoisotopic (exact) mass is 539 g/mol. The average molecular weight is 540 g/mol. The van der Waals surface area contributed by atoms with Crippen LogP contribution < -0.4 is 10.2 Å². The standard InChI is InChI=1S/C25H29F4N3S.2C2H6/c1-3-4-5-6-7-8-15-32(2)23-14-13-20(16-21(23)25(27,28)29)30-24-31-22(17-33-24)18-9-11-19(26)12-10-18;2*1-2/h9-14,16-17H,3-8,15H2,1-2H3,(H,30,31);2*1-2H3. The van der Waals surface area contributed by atoms with Gasteiger partial charge in [-0.05, 0) is 48.9 Å². The topological polar surface area (TPSA) is 28.2 Å². The van der Waals surface area contributed by atoms with Gasteiger partial charge in [-0.2, -0.15) is 13.2 Å². The van der Waals surface area contributed by atoms with Crippen molar-refractivity contribution in [2.75, 3.05) is 23.8 Å². The number of benzene rings is 2. The molecule has 0 atom stereocenters. The fourth-order valence-corrected chi connectivity index (χ4v) is 4.37. The lowest BCUT2D eigenvalue weighted by Crippen LogP contribution is -2.22. The van der Waals surface area contributed by atoms with Crippen molar-refractivity contribution < 1.29 is 17.6 Å². The highest BCUT2D eigenvalue weighted by Crippen LogP contribution is 2.39. The Morgan fingerprint density at radius 1 is 0.892 bits per heavy atom. The Morgan fingerprint density at radius 2 is 1.51 bits per heavy atom. The number of anilines is 3. The van der Waals surface area contributed by atoms with Crippen LogP contribution >= 0.6 is 11.3 Å². The van der Waals surface area contributed by atoms with E-state index in [0.29, 0.717) is 23.1 Å². The Morgan fingerprint density at radius 3 is 2.14 bits per heavy atom. The van der Waals surface area contributed by atoms with Gasteiger partial charge in [0.2, 0.25) is 0 Å². The predicted octanol–water partition coefficient (Wildman–Crippen LogP) is 10.6. The van der Waals surface area contributed by atoms with E-state index in [1.54, 1.807) is 35.5 Å². The number of unbranched alkanes of at least 4 members (excludes halogenated alkanes) is 5. The third-order valence-corrected chi connectivity index (χ3v) is 6.21. The molecular weight excluding hydrogens is 498 g/mol. The van der Waals surface area contributed by atoms with Gasteiger partial charge in [-0.15, -0.1) is 11.3 Å². The van der Waals surface area contributed by atoms with Crippen LogP contribution in [0.15, 0.2) is 47.8 Å². The number of hydrogen-bond donors (Lipinski definition) is 1. The molecule has 3 aromatic rings. The second-order valence-corrected chi connectivity index (χ2v) is 8.95. The van der Waals surface area contributed by atoms with Crippen LogP contribution in [-0.2, 0) is 6.18 Å². The summed E-state index contributed by atoms with van der Waals surface area (Å²) in [5.41, 5.74) is 1.19. The number of aromatic nitrogens is 1. The van der Waals surface area contributed by atoms with Crippen molar-refractivity contribution in [1.82, 2.24) is 4.98 Å². The minimum atomic E-state index is -4.47. The van der Waals surface area contributed by atoms with Gasteiger partial charge in [0.05, 0.1) is 11.3 Å². The van der Waals surface area contributed by atoms with E-state index in [0.717, 1.165) is 30.9 Å². The van der Waals surface area contributed by atoms with Crippen molar-refractivity contribution in [3.05, 3.63) is 59.2 Å². The highest BCUT2D eigenvalue weighted by Gasteiger charge is 2.34. The second kappa shape index (κ2) is 17.0. The number of hydrogen-bond acceptors (Lipinski definition) is 4. The maximum Gasteiger partial charge on any atom is 0.418 e. The first-order valence-corrected chi connectivity index (χ1v) is 14.1. The van der Waals surface area contributed by atoms with Gasteiger partial charge in [-0.1, -0.05) is 66.7 Å². The summed E-state index contributed by atoms with van der Waals surface area (Å²) in [5.74, 6) is -0.339. The predicted molar refractivity (Wildman–Crippen MR) is 152 cm³/mol. The van der Waals surface area contributed by atoms with E-state index >= 15 is 0 Å². The molecular formula is C29H41F4N3S. The summed E-state index contributed by atoms with van der Waals surface area (Å²) in [4.78, 5) is 6.10. The Balaban J connectivity index is 0.00000163. The molecule has 206 valence electrons. The minimum Gasteiger partial charge on any atom is -0.374 e. The number of alkyl halides is 3. The van der Waals surface area contributed by atoms with E-state index in [4.69, 9.17) is 0 Å². The van der Waals surface area contributed by atoms with E-state index in [9.17, 15) is 17.6 Å². The van der Waals surface area contributed by atoms with Gasteiger partial charge >= 0.3 is 6.18 Å². The van der Waals surface area contributed by atoms with E-state index < -0.39 is 11.7 Å². The third-order valence-electron chi connectivity index (χ3n) is 5.46. The first kappa shape index (κ1) is 32.4. The molecule has 1 N–H and O–H groups in total. The molecule has 37 heavy (non-hydrogen) atoms. The molecule has 0 saturated heterocycles. The zero-order valence-corrected chi connectivity index (χ0v) is 23.7. The molecule has 3 rings (SSSR count). The SMILES string of the molecule is CC.CC.CCCCCCCCN(C)c1ccc(Nc2nc(-c3ccc(F)cc3)cs2)cc1C(F)(F)F. The minimum absolute atomic E-state index is 0.174. The number of nitrogens with one attached hydrogen (secondary N) is 1. The average Bonchev–Trinajstić information content (AvgIpc) is 3.36.